The second-order valence-electron chi connectivity index (χ2n) is 4.67. The lowest BCUT2D eigenvalue weighted by Crippen LogP contribution is -2.37. The van der Waals surface area contributed by atoms with Crippen molar-refractivity contribution < 1.29 is 8.42 Å². The first kappa shape index (κ1) is 13.9. The minimum Gasteiger partial charge on any atom is -0.326 e. The van der Waals surface area contributed by atoms with Crippen LogP contribution in [0.4, 0.5) is 0 Å². The fourth-order valence-electron chi connectivity index (χ4n) is 0.912. The monoisotopic (exact) mass is 222 g/mol. The van der Waals surface area contributed by atoms with Gasteiger partial charge >= 0.3 is 0 Å². The van der Waals surface area contributed by atoms with Crippen LogP contribution in [0, 0.1) is 0 Å². The molecule has 4 nitrogen and oxygen atoms in total. The molecule has 0 saturated carbocycles. The Labute approximate surface area is 87.4 Å². The molecule has 0 aliphatic heterocycles. The lowest BCUT2D eigenvalue weighted by molar-refractivity contribution is 0.309. The van der Waals surface area contributed by atoms with Gasteiger partial charge in [0.25, 0.3) is 0 Å². The summed E-state index contributed by atoms with van der Waals surface area (Å²) in [6.07, 6.45) is 2.13. The smallest absolute Gasteiger partial charge is 0.148 e. The van der Waals surface area contributed by atoms with E-state index in [1.165, 1.54) is 6.26 Å². The van der Waals surface area contributed by atoms with E-state index in [-0.39, 0.29) is 11.3 Å². The Bertz CT molecular complexity index is 254. The molecule has 0 unspecified atom stereocenters. The molecule has 0 radical (unpaired) electrons. The lowest BCUT2D eigenvalue weighted by atomic mass is 10.0. The molecule has 0 spiro atoms. The highest BCUT2D eigenvalue weighted by atomic mass is 32.2. The topological polar surface area (TPSA) is 63.4 Å². The van der Waals surface area contributed by atoms with E-state index in [0.29, 0.717) is 6.54 Å². The number of nitrogens with zero attached hydrogens (tertiary/aromatic N) is 1. The first-order valence-electron chi connectivity index (χ1n) is 4.75. The maximum absolute atomic E-state index is 10.9. The van der Waals surface area contributed by atoms with Gasteiger partial charge in [0.2, 0.25) is 0 Å². The summed E-state index contributed by atoms with van der Waals surface area (Å²) in [5, 5.41) is 0. The van der Waals surface area contributed by atoms with Crippen molar-refractivity contribution in [1.29, 1.82) is 0 Å². The quantitative estimate of drug-likeness (QED) is 0.692. The Morgan fingerprint density at radius 2 is 1.79 bits per heavy atom. The Hall–Kier alpha value is -0.130. The normalized spacial score (nSPS) is 13.6. The first-order valence-corrected chi connectivity index (χ1v) is 6.81. The second kappa shape index (κ2) is 5.09. The fourth-order valence-corrected chi connectivity index (χ4v) is 1.56. The summed E-state index contributed by atoms with van der Waals surface area (Å²) in [4.78, 5) is 2.00. The van der Waals surface area contributed by atoms with Gasteiger partial charge in [0.15, 0.2) is 0 Å². The van der Waals surface area contributed by atoms with E-state index >= 15 is 0 Å². The Balaban J connectivity index is 3.73. The third kappa shape index (κ3) is 9.95. The maximum Gasteiger partial charge on any atom is 0.148 e. The maximum atomic E-state index is 10.9. The average molecular weight is 222 g/mol. The molecule has 0 heterocycles. The Morgan fingerprint density at radius 3 is 2.14 bits per heavy atom. The third-order valence-corrected chi connectivity index (χ3v) is 2.91. The second-order valence-corrected chi connectivity index (χ2v) is 6.93. The largest absolute Gasteiger partial charge is 0.326 e. The van der Waals surface area contributed by atoms with Gasteiger partial charge in [0.05, 0.1) is 5.75 Å². The Morgan fingerprint density at radius 1 is 1.29 bits per heavy atom. The summed E-state index contributed by atoms with van der Waals surface area (Å²) >= 11 is 0. The van der Waals surface area contributed by atoms with Crippen molar-refractivity contribution in [1.82, 2.24) is 4.90 Å². The highest BCUT2D eigenvalue weighted by molar-refractivity contribution is 7.90. The summed E-state index contributed by atoms with van der Waals surface area (Å²) in [5.41, 5.74) is 5.64. The number of sulfone groups is 1. The van der Waals surface area contributed by atoms with E-state index in [0.717, 1.165) is 13.0 Å². The summed E-state index contributed by atoms with van der Waals surface area (Å²) < 4.78 is 21.8. The van der Waals surface area contributed by atoms with Crippen molar-refractivity contribution >= 4 is 9.84 Å². The molecular formula is C9H22N2O2S. The predicted molar refractivity (Wildman–Crippen MR) is 60.1 cm³/mol. The van der Waals surface area contributed by atoms with Crippen molar-refractivity contribution in [3.8, 4) is 0 Å². The van der Waals surface area contributed by atoms with Crippen LogP contribution < -0.4 is 5.73 Å². The minimum absolute atomic E-state index is 0.181. The van der Waals surface area contributed by atoms with E-state index < -0.39 is 9.84 Å². The van der Waals surface area contributed by atoms with Gasteiger partial charge in [-0.2, -0.15) is 0 Å². The first-order chi connectivity index (χ1) is 6.10. The van der Waals surface area contributed by atoms with Crippen LogP contribution in [-0.4, -0.2) is 51.0 Å². The van der Waals surface area contributed by atoms with Crippen LogP contribution in [0.1, 0.15) is 20.3 Å². The standard InChI is InChI=1S/C9H22N2O2S/c1-9(2,10)5-6-11(3)7-8-14(4,12)13/h5-8,10H2,1-4H3. The molecule has 0 atom stereocenters. The summed E-state index contributed by atoms with van der Waals surface area (Å²) in [6, 6.07) is 0. The van der Waals surface area contributed by atoms with Gasteiger partial charge in [-0.1, -0.05) is 0 Å². The van der Waals surface area contributed by atoms with Crippen molar-refractivity contribution in [2.24, 2.45) is 5.73 Å². The van der Waals surface area contributed by atoms with Gasteiger partial charge in [-0.3, -0.25) is 0 Å². The van der Waals surface area contributed by atoms with Gasteiger partial charge in [0.1, 0.15) is 9.84 Å². The molecule has 0 saturated heterocycles. The molecule has 0 amide bonds. The van der Waals surface area contributed by atoms with E-state index in [2.05, 4.69) is 0 Å². The minimum atomic E-state index is -2.85. The molecule has 0 aliphatic carbocycles. The van der Waals surface area contributed by atoms with Crippen molar-refractivity contribution in [2.75, 3.05) is 32.1 Å². The SMILES string of the molecule is CN(CCC(C)(C)N)CCS(C)(=O)=O. The molecule has 5 heteroatoms. The van der Waals surface area contributed by atoms with Crippen molar-refractivity contribution in [3.05, 3.63) is 0 Å². The predicted octanol–water partition coefficient (Wildman–Crippen LogP) is 0.0902. The zero-order valence-corrected chi connectivity index (χ0v) is 10.4. The number of hydrogen-bond acceptors (Lipinski definition) is 4. The molecule has 0 bridgehead atoms. The Kier molecular flexibility index (Phi) is 5.05. The van der Waals surface area contributed by atoms with Crippen LogP contribution in [0.2, 0.25) is 0 Å². The number of nitrogens with two attached hydrogens (primary N) is 1. The molecular weight excluding hydrogens is 200 g/mol. The van der Waals surface area contributed by atoms with E-state index in [4.69, 9.17) is 5.73 Å². The lowest BCUT2D eigenvalue weighted by Gasteiger charge is -2.23. The highest BCUT2D eigenvalue weighted by Gasteiger charge is 2.12. The molecule has 0 rings (SSSR count). The molecule has 0 aromatic heterocycles. The average Bonchev–Trinajstić information content (AvgIpc) is 1.94. The van der Waals surface area contributed by atoms with Crippen LogP contribution >= 0.6 is 0 Å². The van der Waals surface area contributed by atoms with E-state index in [1.807, 2.05) is 25.8 Å². The molecule has 0 aromatic carbocycles. The van der Waals surface area contributed by atoms with Gasteiger partial charge in [0, 0.05) is 18.3 Å². The summed E-state index contributed by atoms with van der Waals surface area (Å²) in [7, 11) is -0.932. The molecule has 2 N–H and O–H groups in total. The van der Waals surface area contributed by atoms with E-state index in [9.17, 15) is 8.42 Å². The zero-order valence-electron chi connectivity index (χ0n) is 9.58. The van der Waals surface area contributed by atoms with Crippen LogP contribution in [0.15, 0.2) is 0 Å². The zero-order chi connectivity index (χ0) is 11.4. The van der Waals surface area contributed by atoms with Crippen LogP contribution in [0.25, 0.3) is 0 Å². The van der Waals surface area contributed by atoms with Crippen LogP contribution in [-0.2, 0) is 9.84 Å². The molecule has 0 aromatic rings. The van der Waals surface area contributed by atoms with Crippen LogP contribution in [0.5, 0.6) is 0 Å². The van der Waals surface area contributed by atoms with Crippen LogP contribution in [0.3, 0.4) is 0 Å². The van der Waals surface area contributed by atoms with Gasteiger partial charge in [-0.25, -0.2) is 8.42 Å². The highest BCUT2D eigenvalue weighted by Crippen LogP contribution is 2.04. The molecule has 0 aliphatic rings. The third-order valence-electron chi connectivity index (χ3n) is 1.98. The van der Waals surface area contributed by atoms with E-state index in [1.54, 1.807) is 0 Å². The number of rotatable bonds is 6. The molecule has 0 fully saturated rings. The summed E-state index contributed by atoms with van der Waals surface area (Å²) in [5.74, 6) is 0.217. The summed E-state index contributed by atoms with van der Waals surface area (Å²) in [6.45, 7) is 5.35. The number of hydrogen-bond donors (Lipinski definition) is 1. The molecule has 14 heavy (non-hydrogen) atoms. The van der Waals surface area contributed by atoms with Gasteiger partial charge in [-0.05, 0) is 33.9 Å². The van der Waals surface area contributed by atoms with Crippen molar-refractivity contribution in [2.45, 2.75) is 25.8 Å². The fraction of sp³-hybridized carbons (Fsp3) is 1.00. The van der Waals surface area contributed by atoms with Crippen molar-refractivity contribution in [3.63, 3.8) is 0 Å². The van der Waals surface area contributed by atoms with Gasteiger partial charge < -0.3 is 10.6 Å². The van der Waals surface area contributed by atoms with Gasteiger partial charge in [-0.15, -0.1) is 0 Å². The molecule has 86 valence electrons.